The monoisotopic (exact) mass is 265 g/mol. The molecule has 1 saturated carbocycles. The second-order valence-electron chi connectivity index (χ2n) is 4.16. The summed E-state index contributed by atoms with van der Waals surface area (Å²) in [5, 5.41) is 12.5. The van der Waals surface area contributed by atoms with Crippen molar-refractivity contribution < 1.29 is 14.3 Å². The molecular weight excluding hydrogens is 254 g/mol. The van der Waals surface area contributed by atoms with Crippen LogP contribution >= 0.6 is 11.5 Å². The first-order valence-electron chi connectivity index (χ1n) is 5.62. The predicted molar refractivity (Wildman–Crippen MR) is 64.9 cm³/mol. The summed E-state index contributed by atoms with van der Waals surface area (Å²) in [6.07, 6.45) is 2.35. The van der Waals surface area contributed by atoms with Crippen LogP contribution in [0.15, 0.2) is 16.5 Å². The number of nitrogens with one attached hydrogen (secondary N) is 1. The molecule has 2 heterocycles. The van der Waals surface area contributed by atoms with Crippen molar-refractivity contribution in [1.82, 2.24) is 9.36 Å². The van der Waals surface area contributed by atoms with E-state index in [0.29, 0.717) is 18.2 Å². The van der Waals surface area contributed by atoms with Gasteiger partial charge in [-0.25, -0.2) is 9.78 Å². The third-order valence-corrected chi connectivity index (χ3v) is 3.36. The molecule has 2 aromatic rings. The van der Waals surface area contributed by atoms with Crippen molar-refractivity contribution in [1.29, 1.82) is 0 Å². The number of carbonyl (C=O) groups is 1. The lowest BCUT2D eigenvalue weighted by molar-refractivity contribution is 0.0660. The Bertz CT molecular complexity index is 574. The number of hydrogen-bond donors (Lipinski definition) is 2. The SMILES string of the molecule is O=C(O)c1ccc(CNc2nc(C3CC3)ns2)o1. The molecule has 2 aromatic heterocycles. The normalized spacial score (nSPS) is 14.7. The quantitative estimate of drug-likeness (QED) is 0.862. The van der Waals surface area contributed by atoms with Crippen LogP contribution in [0.25, 0.3) is 0 Å². The number of rotatable bonds is 5. The van der Waals surface area contributed by atoms with Gasteiger partial charge < -0.3 is 14.8 Å². The minimum atomic E-state index is -1.06. The van der Waals surface area contributed by atoms with Crippen molar-refractivity contribution in [3.63, 3.8) is 0 Å². The zero-order valence-electron chi connectivity index (χ0n) is 9.42. The summed E-state index contributed by atoms with van der Waals surface area (Å²) >= 11 is 1.32. The summed E-state index contributed by atoms with van der Waals surface area (Å²) in [6, 6.07) is 3.08. The summed E-state index contributed by atoms with van der Waals surface area (Å²) in [5.74, 6) is 0.902. The van der Waals surface area contributed by atoms with E-state index in [2.05, 4.69) is 14.7 Å². The van der Waals surface area contributed by atoms with E-state index in [1.54, 1.807) is 6.07 Å². The molecule has 0 amide bonds. The molecule has 6 nitrogen and oxygen atoms in total. The first-order chi connectivity index (χ1) is 8.72. The van der Waals surface area contributed by atoms with Gasteiger partial charge in [0.1, 0.15) is 11.6 Å². The van der Waals surface area contributed by atoms with Crippen molar-refractivity contribution in [2.75, 3.05) is 5.32 Å². The van der Waals surface area contributed by atoms with E-state index in [4.69, 9.17) is 9.52 Å². The lowest BCUT2D eigenvalue weighted by atomic mass is 10.4. The van der Waals surface area contributed by atoms with Gasteiger partial charge >= 0.3 is 5.97 Å². The molecule has 1 aliphatic carbocycles. The maximum absolute atomic E-state index is 10.6. The van der Waals surface area contributed by atoms with E-state index in [1.807, 2.05) is 0 Å². The second kappa shape index (κ2) is 4.41. The molecular formula is C11H11N3O3S. The molecule has 3 rings (SSSR count). The fourth-order valence-corrected chi connectivity index (χ4v) is 2.21. The van der Waals surface area contributed by atoms with E-state index < -0.39 is 5.97 Å². The Morgan fingerprint density at radius 3 is 3.06 bits per heavy atom. The van der Waals surface area contributed by atoms with E-state index in [9.17, 15) is 4.79 Å². The molecule has 2 N–H and O–H groups in total. The molecule has 1 fully saturated rings. The lowest BCUT2D eigenvalue weighted by Gasteiger charge is -1.97. The molecule has 0 unspecified atom stereocenters. The predicted octanol–water partition coefficient (Wildman–Crippen LogP) is 2.32. The van der Waals surface area contributed by atoms with Crippen LogP contribution in [0.5, 0.6) is 0 Å². The van der Waals surface area contributed by atoms with Crippen molar-refractivity contribution in [2.24, 2.45) is 0 Å². The van der Waals surface area contributed by atoms with E-state index >= 15 is 0 Å². The summed E-state index contributed by atoms with van der Waals surface area (Å²) in [4.78, 5) is 15.0. The van der Waals surface area contributed by atoms with Gasteiger partial charge in [-0.05, 0) is 25.0 Å². The standard InChI is InChI=1S/C11H11N3O3S/c15-10(16)8-4-3-7(17-8)5-12-11-13-9(14-18-11)6-1-2-6/h3-4,6H,1-2,5H2,(H,15,16)(H,12,13,14). The molecule has 0 atom stereocenters. The van der Waals surface area contributed by atoms with Gasteiger partial charge in [-0.2, -0.15) is 4.37 Å². The zero-order chi connectivity index (χ0) is 12.5. The van der Waals surface area contributed by atoms with E-state index in [0.717, 1.165) is 11.0 Å². The molecule has 7 heteroatoms. The van der Waals surface area contributed by atoms with Crippen molar-refractivity contribution in [3.8, 4) is 0 Å². The third-order valence-electron chi connectivity index (χ3n) is 2.67. The largest absolute Gasteiger partial charge is 0.475 e. The highest BCUT2D eigenvalue weighted by Crippen LogP contribution is 2.39. The second-order valence-corrected chi connectivity index (χ2v) is 4.91. The average molecular weight is 265 g/mol. The average Bonchev–Trinajstić information content (AvgIpc) is 2.92. The highest BCUT2D eigenvalue weighted by atomic mass is 32.1. The minimum absolute atomic E-state index is 0.0530. The van der Waals surface area contributed by atoms with Crippen LogP contribution in [0.3, 0.4) is 0 Å². The molecule has 0 aromatic carbocycles. The number of aromatic nitrogens is 2. The first kappa shape index (κ1) is 11.2. The third kappa shape index (κ3) is 2.35. The fourth-order valence-electron chi connectivity index (χ4n) is 1.56. The highest BCUT2D eigenvalue weighted by Gasteiger charge is 2.27. The van der Waals surface area contributed by atoms with Crippen molar-refractivity contribution in [2.45, 2.75) is 25.3 Å². The number of furan rings is 1. The number of nitrogens with zero attached hydrogens (tertiary/aromatic N) is 2. The Morgan fingerprint density at radius 1 is 1.56 bits per heavy atom. The smallest absolute Gasteiger partial charge is 0.371 e. The Balaban J connectivity index is 1.60. The van der Waals surface area contributed by atoms with Crippen LogP contribution in [0.4, 0.5) is 5.13 Å². The van der Waals surface area contributed by atoms with Gasteiger partial charge in [0.15, 0.2) is 0 Å². The van der Waals surface area contributed by atoms with Crippen LogP contribution in [0.1, 0.15) is 40.9 Å². The van der Waals surface area contributed by atoms with Crippen molar-refractivity contribution in [3.05, 3.63) is 29.5 Å². The molecule has 0 spiro atoms. The topological polar surface area (TPSA) is 88.2 Å². The zero-order valence-corrected chi connectivity index (χ0v) is 10.2. The van der Waals surface area contributed by atoms with Crippen LogP contribution in [0, 0.1) is 0 Å². The number of anilines is 1. The van der Waals surface area contributed by atoms with Crippen LogP contribution in [-0.2, 0) is 6.54 Å². The van der Waals surface area contributed by atoms with Crippen LogP contribution < -0.4 is 5.32 Å². The van der Waals surface area contributed by atoms with E-state index in [-0.39, 0.29) is 5.76 Å². The number of aromatic carboxylic acids is 1. The minimum Gasteiger partial charge on any atom is -0.475 e. The Kier molecular flexibility index (Phi) is 2.75. The van der Waals surface area contributed by atoms with Gasteiger partial charge in [0.25, 0.3) is 0 Å². The molecule has 0 aliphatic heterocycles. The van der Waals surface area contributed by atoms with Crippen LogP contribution in [-0.4, -0.2) is 20.4 Å². The highest BCUT2D eigenvalue weighted by molar-refractivity contribution is 7.09. The number of hydrogen-bond acceptors (Lipinski definition) is 6. The van der Waals surface area contributed by atoms with Gasteiger partial charge in [-0.3, -0.25) is 0 Å². The summed E-state index contributed by atoms with van der Waals surface area (Å²) in [5.41, 5.74) is 0. The Hall–Kier alpha value is -1.89. The molecule has 18 heavy (non-hydrogen) atoms. The Labute approximate surface area is 107 Å². The molecule has 94 valence electrons. The van der Waals surface area contributed by atoms with Gasteiger partial charge in [-0.1, -0.05) is 0 Å². The summed E-state index contributed by atoms with van der Waals surface area (Å²) in [6.45, 7) is 0.409. The summed E-state index contributed by atoms with van der Waals surface area (Å²) < 4.78 is 9.40. The van der Waals surface area contributed by atoms with E-state index in [1.165, 1.54) is 30.4 Å². The van der Waals surface area contributed by atoms with Crippen LogP contribution in [0.2, 0.25) is 0 Å². The molecule has 0 bridgehead atoms. The lowest BCUT2D eigenvalue weighted by Crippen LogP contribution is -1.98. The van der Waals surface area contributed by atoms with Gasteiger partial charge in [0.2, 0.25) is 10.9 Å². The molecule has 1 aliphatic rings. The van der Waals surface area contributed by atoms with Gasteiger partial charge in [0, 0.05) is 17.5 Å². The number of carboxylic acid groups (broad SMARTS) is 1. The summed E-state index contributed by atoms with van der Waals surface area (Å²) in [7, 11) is 0. The maximum Gasteiger partial charge on any atom is 0.371 e. The molecule has 0 radical (unpaired) electrons. The van der Waals surface area contributed by atoms with Gasteiger partial charge in [0.05, 0.1) is 6.54 Å². The fraction of sp³-hybridized carbons (Fsp3) is 0.364. The Morgan fingerprint density at radius 2 is 2.39 bits per heavy atom. The maximum atomic E-state index is 10.6. The van der Waals surface area contributed by atoms with Crippen molar-refractivity contribution >= 4 is 22.6 Å². The molecule has 0 saturated heterocycles. The first-order valence-corrected chi connectivity index (χ1v) is 6.39. The van der Waals surface area contributed by atoms with Gasteiger partial charge in [-0.15, -0.1) is 0 Å². The number of carboxylic acids is 1.